The Morgan fingerprint density at radius 2 is 1.86 bits per heavy atom. The second kappa shape index (κ2) is 9.08. The molecule has 1 fully saturated rings. The number of hydrogen-bond acceptors (Lipinski definition) is 3. The molecule has 0 saturated carbocycles. The largest absolute Gasteiger partial charge is 0.495 e. The average molecular weight is 403 g/mol. The molecule has 148 valence electrons. The molecule has 0 unspecified atom stereocenters. The summed E-state index contributed by atoms with van der Waals surface area (Å²) < 4.78 is 5.16. The standard InChI is InChI=1S/C21H24ClN3O3/c1-28-18-8-7-16(13-17(18)22)24-21(27)19(14-5-3-2-4-6-14)25-11-9-15(10-12-25)20(23)26/h2-8,13,15,19H,9-12H2,1H3,(H2,23,26)(H,24,27)/p+1/t19-/m0/s1. The first kappa shape index (κ1) is 20.2. The zero-order valence-corrected chi connectivity index (χ0v) is 16.5. The summed E-state index contributed by atoms with van der Waals surface area (Å²) in [5.74, 6) is 0.0784. The Balaban J connectivity index is 1.80. The van der Waals surface area contributed by atoms with Crippen molar-refractivity contribution in [1.29, 1.82) is 0 Å². The Morgan fingerprint density at radius 3 is 2.43 bits per heavy atom. The van der Waals surface area contributed by atoms with E-state index >= 15 is 0 Å². The number of halogens is 1. The summed E-state index contributed by atoms with van der Waals surface area (Å²) in [6, 6.07) is 14.5. The van der Waals surface area contributed by atoms with Crippen molar-refractivity contribution >= 4 is 29.1 Å². The zero-order chi connectivity index (χ0) is 20.1. The second-order valence-corrected chi connectivity index (χ2v) is 7.42. The number of quaternary nitrogens is 1. The van der Waals surface area contributed by atoms with Gasteiger partial charge in [-0.3, -0.25) is 9.59 Å². The van der Waals surface area contributed by atoms with Crippen LogP contribution in [0, 0.1) is 5.92 Å². The molecule has 3 rings (SSSR count). The van der Waals surface area contributed by atoms with Crippen LogP contribution in [0.2, 0.25) is 5.02 Å². The first-order valence-corrected chi connectivity index (χ1v) is 9.70. The van der Waals surface area contributed by atoms with Gasteiger partial charge in [0.2, 0.25) is 5.91 Å². The van der Waals surface area contributed by atoms with E-state index < -0.39 is 0 Å². The summed E-state index contributed by atoms with van der Waals surface area (Å²) in [5.41, 5.74) is 7.00. The maximum atomic E-state index is 13.2. The van der Waals surface area contributed by atoms with Gasteiger partial charge in [-0.2, -0.15) is 0 Å². The van der Waals surface area contributed by atoms with Crippen LogP contribution in [0.15, 0.2) is 48.5 Å². The summed E-state index contributed by atoms with van der Waals surface area (Å²) in [4.78, 5) is 25.8. The summed E-state index contributed by atoms with van der Waals surface area (Å²) in [5, 5.41) is 3.41. The lowest BCUT2D eigenvalue weighted by atomic mass is 9.93. The number of benzene rings is 2. The van der Waals surface area contributed by atoms with E-state index in [2.05, 4.69) is 5.32 Å². The number of likely N-dealkylation sites (tertiary alicyclic amines) is 1. The van der Waals surface area contributed by atoms with Gasteiger partial charge in [0.25, 0.3) is 5.91 Å². The molecule has 2 aromatic carbocycles. The molecule has 2 amide bonds. The summed E-state index contributed by atoms with van der Waals surface area (Å²) in [6.07, 6.45) is 1.38. The van der Waals surface area contributed by atoms with Gasteiger partial charge >= 0.3 is 0 Å². The third-order valence-electron chi connectivity index (χ3n) is 5.25. The quantitative estimate of drug-likeness (QED) is 0.688. The number of rotatable bonds is 6. The third kappa shape index (κ3) is 4.64. The third-order valence-corrected chi connectivity index (χ3v) is 5.55. The number of hydrogen-bond donors (Lipinski definition) is 3. The van der Waals surface area contributed by atoms with Crippen LogP contribution >= 0.6 is 11.6 Å². The molecule has 4 N–H and O–H groups in total. The number of carbonyl (C=O) groups is 2. The van der Waals surface area contributed by atoms with Crippen LogP contribution in [0.4, 0.5) is 5.69 Å². The van der Waals surface area contributed by atoms with Gasteiger partial charge in [0.1, 0.15) is 5.75 Å². The van der Waals surface area contributed by atoms with E-state index in [1.165, 1.54) is 0 Å². The van der Waals surface area contributed by atoms with Crippen molar-refractivity contribution in [1.82, 2.24) is 0 Å². The van der Waals surface area contributed by atoms with Crippen molar-refractivity contribution in [2.45, 2.75) is 18.9 Å². The van der Waals surface area contributed by atoms with Crippen molar-refractivity contribution in [2.24, 2.45) is 11.7 Å². The smallest absolute Gasteiger partial charge is 0.287 e. The van der Waals surface area contributed by atoms with E-state index in [1.54, 1.807) is 25.3 Å². The normalized spacial score (nSPS) is 20.2. The molecule has 1 saturated heterocycles. The molecule has 7 heteroatoms. The van der Waals surface area contributed by atoms with Crippen molar-refractivity contribution in [3.8, 4) is 5.75 Å². The van der Waals surface area contributed by atoms with Crippen LogP contribution in [0.1, 0.15) is 24.4 Å². The van der Waals surface area contributed by atoms with E-state index in [-0.39, 0.29) is 23.8 Å². The number of primary amides is 1. The number of anilines is 1. The first-order valence-electron chi connectivity index (χ1n) is 9.33. The highest BCUT2D eigenvalue weighted by molar-refractivity contribution is 6.32. The van der Waals surface area contributed by atoms with Crippen LogP contribution in [0.3, 0.4) is 0 Å². The number of carbonyl (C=O) groups excluding carboxylic acids is 2. The van der Waals surface area contributed by atoms with Gasteiger partial charge in [-0.25, -0.2) is 0 Å². The van der Waals surface area contributed by atoms with Crippen LogP contribution in [0.25, 0.3) is 0 Å². The van der Waals surface area contributed by atoms with Gasteiger partial charge in [-0.05, 0) is 18.2 Å². The van der Waals surface area contributed by atoms with Crippen LogP contribution in [-0.4, -0.2) is 32.0 Å². The van der Waals surface area contributed by atoms with E-state index in [9.17, 15) is 9.59 Å². The molecule has 1 atom stereocenters. The Kier molecular flexibility index (Phi) is 6.54. The number of methoxy groups -OCH3 is 1. The molecule has 1 aliphatic rings. The lowest BCUT2D eigenvalue weighted by Crippen LogP contribution is -3.14. The molecule has 1 heterocycles. The summed E-state index contributed by atoms with van der Waals surface area (Å²) in [7, 11) is 1.55. The van der Waals surface area contributed by atoms with Crippen LogP contribution in [-0.2, 0) is 9.59 Å². The molecule has 0 spiro atoms. The number of amides is 2. The number of piperidine rings is 1. The predicted molar refractivity (Wildman–Crippen MR) is 108 cm³/mol. The summed E-state index contributed by atoms with van der Waals surface area (Å²) in [6.45, 7) is 1.42. The van der Waals surface area contributed by atoms with Gasteiger partial charge in [-0.1, -0.05) is 41.9 Å². The molecule has 2 aromatic rings. The van der Waals surface area contributed by atoms with Gasteiger partial charge in [0, 0.05) is 30.0 Å². The van der Waals surface area contributed by atoms with Crippen molar-refractivity contribution in [3.63, 3.8) is 0 Å². The van der Waals surface area contributed by atoms with E-state index in [4.69, 9.17) is 22.1 Å². The van der Waals surface area contributed by atoms with Crippen molar-refractivity contribution < 1.29 is 19.2 Å². The number of ether oxygens (including phenoxy) is 1. The van der Waals surface area contributed by atoms with E-state index in [0.29, 0.717) is 42.4 Å². The number of nitrogens with one attached hydrogen (secondary N) is 2. The molecule has 1 aliphatic heterocycles. The minimum atomic E-state index is -0.379. The molecular formula is C21H25ClN3O3+. The Bertz CT molecular complexity index is 836. The Morgan fingerprint density at radius 1 is 1.18 bits per heavy atom. The highest BCUT2D eigenvalue weighted by atomic mass is 35.5. The van der Waals surface area contributed by atoms with Gasteiger partial charge < -0.3 is 20.7 Å². The van der Waals surface area contributed by atoms with Gasteiger partial charge in [-0.15, -0.1) is 0 Å². The fourth-order valence-electron chi connectivity index (χ4n) is 3.74. The fourth-order valence-corrected chi connectivity index (χ4v) is 4.00. The first-order chi connectivity index (χ1) is 13.5. The molecule has 0 aliphatic carbocycles. The topological polar surface area (TPSA) is 85.9 Å². The molecule has 0 radical (unpaired) electrons. The average Bonchev–Trinajstić information content (AvgIpc) is 2.69. The highest BCUT2D eigenvalue weighted by Gasteiger charge is 2.36. The lowest BCUT2D eigenvalue weighted by Gasteiger charge is -2.33. The lowest BCUT2D eigenvalue weighted by molar-refractivity contribution is -0.927. The summed E-state index contributed by atoms with van der Waals surface area (Å²) >= 11 is 6.18. The minimum absolute atomic E-state index is 0.108. The van der Waals surface area contributed by atoms with Gasteiger partial charge in [0.05, 0.1) is 25.2 Å². The fraction of sp³-hybridized carbons (Fsp3) is 0.333. The molecule has 0 bridgehead atoms. The van der Waals surface area contributed by atoms with Crippen molar-refractivity contribution in [3.05, 3.63) is 59.1 Å². The Labute approximate surface area is 169 Å². The maximum Gasteiger partial charge on any atom is 0.287 e. The highest BCUT2D eigenvalue weighted by Crippen LogP contribution is 2.27. The Hall–Kier alpha value is -2.57. The molecule has 28 heavy (non-hydrogen) atoms. The van der Waals surface area contributed by atoms with Gasteiger partial charge in [0.15, 0.2) is 6.04 Å². The minimum Gasteiger partial charge on any atom is -0.495 e. The molecule has 0 aromatic heterocycles. The predicted octanol–water partition coefficient (Wildman–Crippen LogP) is 1.81. The zero-order valence-electron chi connectivity index (χ0n) is 15.8. The second-order valence-electron chi connectivity index (χ2n) is 7.02. The SMILES string of the molecule is COc1ccc(NC(=O)[C@H](c2ccccc2)[NH+]2CCC(C(N)=O)CC2)cc1Cl. The van der Waals surface area contributed by atoms with Crippen LogP contribution in [0.5, 0.6) is 5.75 Å². The van der Waals surface area contributed by atoms with E-state index in [1.807, 2.05) is 30.3 Å². The van der Waals surface area contributed by atoms with Crippen LogP contribution < -0.4 is 20.7 Å². The maximum absolute atomic E-state index is 13.2. The monoisotopic (exact) mass is 402 g/mol. The van der Waals surface area contributed by atoms with E-state index in [0.717, 1.165) is 10.5 Å². The van der Waals surface area contributed by atoms with Crippen molar-refractivity contribution in [2.75, 3.05) is 25.5 Å². The molecule has 6 nitrogen and oxygen atoms in total. The number of nitrogens with two attached hydrogens (primary N) is 1. The molecular weight excluding hydrogens is 378 g/mol.